The van der Waals surface area contributed by atoms with Crippen molar-refractivity contribution in [3.05, 3.63) is 0 Å². The summed E-state index contributed by atoms with van der Waals surface area (Å²) in [4.78, 5) is 0. The lowest BCUT2D eigenvalue weighted by molar-refractivity contribution is -0.00100. The molecule has 0 saturated carbocycles. The summed E-state index contributed by atoms with van der Waals surface area (Å²) in [7, 11) is -2.83. The molecule has 0 unspecified atom stereocenters. The Morgan fingerprint density at radius 1 is 0.667 bits per heavy atom. The molecule has 0 radical (unpaired) electrons. The molecule has 0 aromatic carbocycles. The van der Waals surface area contributed by atoms with Crippen LogP contribution in [-0.4, -0.2) is 37.5 Å². The first kappa shape index (κ1) is 23.3. The van der Waals surface area contributed by atoms with Crippen LogP contribution >= 0.6 is 0 Å². The highest BCUT2D eigenvalue weighted by Gasteiger charge is 1.95. The predicted octanol–water partition coefficient (Wildman–Crippen LogP) is -5.24. The lowest BCUT2D eigenvalue weighted by Gasteiger charge is -1.80. The summed E-state index contributed by atoms with van der Waals surface area (Å²) in [6.45, 7) is 0. The molecule has 0 heterocycles. The molecule has 0 saturated heterocycles. The highest BCUT2D eigenvalue weighted by atomic mass is 127. The van der Waals surface area contributed by atoms with Gasteiger partial charge in [-0.2, -0.15) is 0 Å². The second kappa shape index (κ2) is 8.90. The van der Waals surface area contributed by atoms with E-state index in [2.05, 4.69) is 0 Å². The summed E-state index contributed by atoms with van der Waals surface area (Å²) in [5.74, 6) is 0. The molecular formula is C6H18ClIO2S2. The summed E-state index contributed by atoms with van der Waals surface area (Å²) < 4.78 is 20.4. The van der Waals surface area contributed by atoms with Crippen molar-refractivity contribution in [1.82, 2.24) is 0 Å². The van der Waals surface area contributed by atoms with Crippen LogP contribution in [0.5, 0.6) is 0 Å². The van der Waals surface area contributed by atoms with E-state index in [0.717, 1.165) is 0 Å². The Labute approximate surface area is 102 Å². The van der Waals surface area contributed by atoms with Gasteiger partial charge in [0.2, 0.25) is 0 Å². The zero-order valence-electron chi connectivity index (χ0n) is 8.39. The average molecular weight is 349 g/mol. The maximum Gasteiger partial charge on any atom is 0.101 e. The van der Waals surface area contributed by atoms with Gasteiger partial charge < -0.3 is 36.4 Å². The van der Waals surface area contributed by atoms with Crippen molar-refractivity contribution in [1.29, 1.82) is 0 Å². The van der Waals surface area contributed by atoms with Gasteiger partial charge in [0.25, 0.3) is 0 Å². The molecule has 12 heavy (non-hydrogen) atoms. The van der Waals surface area contributed by atoms with Crippen LogP contribution in [0.1, 0.15) is 0 Å². The fourth-order valence-electron chi connectivity index (χ4n) is 0. The van der Waals surface area contributed by atoms with E-state index in [1.165, 1.54) is 0 Å². The van der Waals surface area contributed by atoms with Crippen molar-refractivity contribution in [3.63, 3.8) is 0 Å². The van der Waals surface area contributed by atoms with Gasteiger partial charge in [0.15, 0.2) is 0 Å². The van der Waals surface area contributed by atoms with Crippen LogP contribution < -0.4 is 36.4 Å². The van der Waals surface area contributed by atoms with Gasteiger partial charge >= 0.3 is 0 Å². The molecule has 0 N–H and O–H groups in total. The highest BCUT2D eigenvalue weighted by Crippen LogP contribution is 1.78. The minimum atomic E-state index is -1.42. The number of halogens is 2. The monoisotopic (exact) mass is 348 g/mol. The van der Waals surface area contributed by atoms with E-state index in [1.54, 1.807) is 37.5 Å². The van der Waals surface area contributed by atoms with E-state index in [-0.39, 0.29) is 36.4 Å². The van der Waals surface area contributed by atoms with Crippen LogP contribution in [0.2, 0.25) is 0 Å². The Hall–Kier alpha value is 1.32. The van der Waals surface area contributed by atoms with E-state index in [0.29, 0.717) is 0 Å². The summed E-state index contributed by atoms with van der Waals surface area (Å²) in [6, 6.07) is 0. The standard InChI is InChI=1S/2C3H9OS.ClH.HI/c2*1-5(2,3)4;;/h2*1-3H3;2*1H/q2*+1;;/p-2. The topological polar surface area (TPSA) is 34.1 Å². The molecule has 0 spiro atoms. The van der Waals surface area contributed by atoms with E-state index in [1.807, 2.05) is 0 Å². The first-order valence-corrected chi connectivity index (χ1v) is 8.35. The van der Waals surface area contributed by atoms with E-state index >= 15 is 0 Å². The van der Waals surface area contributed by atoms with Crippen LogP contribution in [0.4, 0.5) is 0 Å². The number of hydrogen-bond acceptors (Lipinski definition) is 2. The Morgan fingerprint density at radius 2 is 0.667 bits per heavy atom. The van der Waals surface area contributed by atoms with Gasteiger partial charge in [-0.1, -0.05) is 0 Å². The van der Waals surface area contributed by atoms with Crippen LogP contribution in [0.15, 0.2) is 0 Å². The fourth-order valence-corrected chi connectivity index (χ4v) is 0. The largest absolute Gasteiger partial charge is 1.00 e. The Bertz CT molecular complexity index is 136. The van der Waals surface area contributed by atoms with Gasteiger partial charge in [0.05, 0.1) is 19.9 Å². The second-order valence-corrected chi connectivity index (χ2v) is 10.3. The van der Waals surface area contributed by atoms with Crippen LogP contribution in [0, 0.1) is 0 Å². The SMILES string of the molecule is C[S+](C)(C)=O.C[S+](C)(C)=O.[Cl-].[I-]. The minimum absolute atomic E-state index is 0. The van der Waals surface area contributed by atoms with Crippen LogP contribution in [0.3, 0.4) is 0 Å². The molecule has 0 amide bonds. The zero-order chi connectivity index (χ0) is 9.00. The zero-order valence-corrected chi connectivity index (χ0v) is 12.9. The van der Waals surface area contributed by atoms with Gasteiger partial charge in [-0.05, 0) is 0 Å². The third kappa shape index (κ3) is 692. The molecular weight excluding hydrogens is 331 g/mol. The lowest BCUT2D eigenvalue weighted by Crippen LogP contribution is -3.00. The van der Waals surface area contributed by atoms with Crippen LogP contribution in [-0.2, 0) is 28.3 Å². The number of rotatable bonds is 0. The molecule has 0 aromatic rings. The van der Waals surface area contributed by atoms with Gasteiger partial charge in [0, 0.05) is 0 Å². The predicted molar refractivity (Wildman–Crippen MR) is 51.6 cm³/mol. The first-order valence-electron chi connectivity index (χ1n) is 2.78. The molecule has 0 aliphatic heterocycles. The average Bonchev–Trinajstić information content (AvgIpc) is 1.12. The molecule has 80 valence electrons. The summed E-state index contributed by atoms with van der Waals surface area (Å²) in [6.07, 6.45) is 10.3. The van der Waals surface area contributed by atoms with Crippen molar-refractivity contribution in [3.8, 4) is 0 Å². The molecule has 2 nitrogen and oxygen atoms in total. The van der Waals surface area contributed by atoms with Crippen LogP contribution in [0.25, 0.3) is 0 Å². The van der Waals surface area contributed by atoms with Gasteiger partial charge in [-0.3, -0.25) is 0 Å². The maximum atomic E-state index is 10.2. The molecule has 0 bridgehead atoms. The highest BCUT2D eigenvalue weighted by molar-refractivity contribution is 8.01. The summed E-state index contributed by atoms with van der Waals surface area (Å²) >= 11 is 0. The normalized spacial score (nSPS) is 9.83. The maximum absolute atomic E-state index is 10.2. The van der Waals surface area contributed by atoms with Crippen molar-refractivity contribution in [2.75, 3.05) is 37.5 Å². The third-order valence-corrected chi connectivity index (χ3v) is 0. The fraction of sp³-hybridized carbons (Fsp3) is 1.00. The van der Waals surface area contributed by atoms with E-state index in [4.69, 9.17) is 0 Å². The molecule has 0 aliphatic carbocycles. The van der Waals surface area contributed by atoms with Crippen molar-refractivity contribution >= 4 is 19.9 Å². The summed E-state index contributed by atoms with van der Waals surface area (Å²) in [5, 5.41) is 0. The Kier molecular flexibility index (Phi) is 17.3. The third-order valence-electron chi connectivity index (χ3n) is 0. The Morgan fingerprint density at radius 3 is 0.667 bits per heavy atom. The minimum Gasteiger partial charge on any atom is -1.00 e. The van der Waals surface area contributed by atoms with Crippen molar-refractivity contribution in [2.24, 2.45) is 0 Å². The van der Waals surface area contributed by atoms with E-state index in [9.17, 15) is 8.42 Å². The van der Waals surface area contributed by atoms with Crippen molar-refractivity contribution in [2.45, 2.75) is 0 Å². The molecule has 6 heteroatoms. The molecule has 0 fully saturated rings. The molecule has 0 atom stereocenters. The van der Waals surface area contributed by atoms with Gasteiger partial charge in [-0.25, -0.2) is 0 Å². The number of hydrogen-bond donors (Lipinski definition) is 0. The quantitative estimate of drug-likeness (QED) is 0.324. The van der Waals surface area contributed by atoms with Gasteiger partial charge in [-0.15, -0.1) is 8.42 Å². The smallest absolute Gasteiger partial charge is 0.101 e. The van der Waals surface area contributed by atoms with Gasteiger partial charge in [0.1, 0.15) is 37.5 Å². The lowest BCUT2D eigenvalue weighted by atomic mass is 11.9. The molecule has 0 aliphatic rings. The summed E-state index contributed by atoms with van der Waals surface area (Å²) in [5.41, 5.74) is 0. The molecule has 0 rings (SSSR count). The molecule has 0 aromatic heterocycles. The second-order valence-electron chi connectivity index (χ2n) is 3.45. The van der Waals surface area contributed by atoms with E-state index < -0.39 is 19.9 Å². The Balaban J connectivity index is -0.0000000457. The first-order chi connectivity index (χ1) is 4.00. The van der Waals surface area contributed by atoms with Crippen molar-refractivity contribution < 1.29 is 44.8 Å².